The van der Waals surface area contributed by atoms with Gasteiger partial charge >= 0.3 is 0 Å². The topological polar surface area (TPSA) is 38.9 Å². The van der Waals surface area contributed by atoms with Crippen LogP contribution in [0.2, 0.25) is 0 Å². The van der Waals surface area contributed by atoms with E-state index < -0.39 is 6.04 Å². The van der Waals surface area contributed by atoms with Crippen molar-refractivity contribution in [3.05, 3.63) is 50.1 Å². The molecule has 0 aliphatic rings. The molecule has 1 heterocycles. The fourth-order valence-electron chi connectivity index (χ4n) is 1.59. The molecule has 2 aromatic rings. The van der Waals surface area contributed by atoms with Crippen LogP contribution in [-0.4, -0.2) is 4.98 Å². The Kier molecular flexibility index (Phi) is 4.14. The number of halogens is 2. The number of rotatable bonds is 3. The maximum absolute atomic E-state index is 13.7. The minimum atomic E-state index is -0.514. The van der Waals surface area contributed by atoms with Gasteiger partial charge in [0, 0.05) is 15.4 Å². The molecular formula is C13H14BrFN2S. The lowest BCUT2D eigenvalue weighted by atomic mass is 10.1. The molecule has 5 heteroatoms. The second kappa shape index (κ2) is 5.47. The standard InChI is InChI=1S/C13H14BrFN2S/c1-7(2)11-6-18-13(17-11)12(16)9-5-8(14)3-4-10(9)15/h3-7,12H,16H2,1-2H3. The highest BCUT2D eigenvalue weighted by Crippen LogP contribution is 2.28. The molecule has 1 atom stereocenters. The van der Waals surface area contributed by atoms with Gasteiger partial charge in [-0.3, -0.25) is 0 Å². The number of benzene rings is 1. The average molecular weight is 329 g/mol. The van der Waals surface area contributed by atoms with Gasteiger partial charge in [-0.25, -0.2) is 9.37 Å². The van der Waals surface area contributed by atoms with Gasteiger partial charge in [0.1, 0.15) is 10.8 Å². The quantitative estimate of drug-likeness (QED) is 0.916. The van der Waals surface area contributed by atoms with E-state index in [0.717, 1.165) is 15.2 Å². The number of hydrogen-bond donors (Lipinski definition) is 1. The summed E-state index contributed by atoms with van der Waals surface area (Å²) in [5.41, 5.74) is 7.55. The van der Waals surface area contributed by atoms with Gasteiger partial charge in [-0.1, -0.05) is 29.8 Å². The molecule has 0 aliphatic heterocycles. The van der Waals surface area contributed by atoms with Crippen LogP contribution in [0.4, 0.5) is 4.39 Å². The monoisotopic (exact) mass is 328 g/mol. The van der Waals surface area contributed by atoms with Crippen molar-refractivity contribution in [1.29, 1.82) is 0 Å². The molecule has 18 heavy (non-hydrogen) atoms. The SMILES string of the molecule is CC(C)c1csc(C(N)c2cc(Br)ccc2F)n1. The Bertz CT molecular complexity index is 554. The maximum Gasteiger partial charge on any atom is 0.128 e. The number of aromatic nitrogens is 1. The third-order valence-corrected chi connectivity index (χ3v) is 4.13. The summed E-state index contributed by atoms with van der Waals surface area (Å²) in [6.07, 6.45) is 0. The first-order valence-corrected chi connectivity index (χ1v) is 7.32. The van der Waals surface area contributed by atoms with Gasteiger partial charge in [-0.2, -0.15) is 0 Å². The first-order valence-electron chi connectivity index (χ1n) is 5.65. The first kappa shape index (κ1) is 13.6. The maximum atomic E-state index is 13.7. The van der Waals surface area contributed by atoms with E-state index in [0.29, 0.717) is 11.5 Å². The molecule has 0 aliphatic carbocycles. The van der Waals surface area contributed by atoms with Crippen molar-refractivity contribution < 1.29 is 4.39 Å². The molecular weight excluding hydrogens is 315 g/mol. The molecule has 1 aromatic heterocycles. The van der Waals surface area contributed by atoms with Crippen LogP contribution in [0.3, 0.4) is 0 Å². The minimum absolute atomic E-state index is 0.299. The zero-order chi connectivity index (χ0) is 13.3. The zero-order valence-electron chi connectivity index (χ0n) is 10.2. The van der Waals surface area contributed by atoms with Crippen LogP contribution >= 0.6 is 27.3 Å². The summed E-state index contributed by atoms with van der Waals surface area (Å²) in [6, 6.07) is 4.26. The van der Waals surface area contributed by atoms with E-state index in [1.165, 1.54) is 17.4 Å². The van der Waals surface area contributed by atoms with Crippen LogP contribution in [0.15, 0.2) is 28.1 Å². The molecule has 96 valence electrons. The van der Waals surface area contributed by atoms with Crippen LogP contribution in [0.1, 0.15) is 42.1 Å². The summed E-state index contributed by atoms with van der Waals surface area (Å²) in [7, 11) is 0. The Balaban J connectivity index is 2.34. The number of nitrogens with zero attached hydrogens (tertiary/aromatic N) is 1. The first-order chi connectivity index (χ1) is 8.49. The lowest BCUT2D eigenvalue weighted by molar-refractivity contribution is 0.598. The van der Waals surface area contributed by atoms with E-state index in [1.807, 2.05) is 5.38 Å². The fraction of sp³-hybridized carbons (Fsp3) is 0.308. The summed E-state index contributed by atoms with van der Waals surface area (Å²) in [4.78, 5) is 4.47. The molecule has 1 unspecified atom stereocenters. The fourth-order valence-corrected chi connectivity index (χ4v) is 2.97. The van der Waals surface area contributed by atoms with Gasteiger partial charge < -0.3 is 5.73 Å². The van der Waals surface area contributed by atoms with Crippen molar-refractivity contribution in [3.63, 3.8) is 0 Å². The minimum Gasteiger partial charge on any atom is -0.318 e. The van der Waals surface area contributed by atoms with E-state index >= 15 is 0 Å². The lowest BCUT2D eigenvalue weighted by Gasteiger charge is -2.10. The summed E-state index contributed by atoms with van der Waals surface area (Å²) < 4.78 is 14.6. The predicted molar refractivity (Wildman–Crippen MR) is 76.3 cm³/mol. The van der Waals surface area contributed by atoms with E-state index in [-0.39, 0.29) is 5.82 Å². The molecule has 0 spiro atoms. The largest absolute Gasteiger partial charge is 0.318 e. The van der Waals surface area contributed by atoms with Crippen LogP contribution in [0.25, 0.3) is 0 Å². The highest BCUT2D eigenvalue weighted by Gasteiger charge is 2.18. The Morgan fingerprint density at radius 1 is 1.39 bits per heavy atom. The van der Waals surface area contributed by atoms with Crippen LogP contribution in [0, 0.1) is 5.82 Å². The summed E-state index contributed by atoms with van der Waals surface area (Å²) >= 11 is 4.80. The summed E-state index contributed by atoms with van der Waals surface area (Å²) in [5.74, 6) is 0.0570. The van der Waals surface area contributed by atoms with Gasteiger partial charge in [0.15, 0.2) is 0 Å². The lowest BCUT2D eigenvalue weighted by Crippen LogP contribution is -2.13. The Labute approximate surface area is 118 Å². The van der Waals surface area contributed by atoms with Gasteiger partial charge in [0.25, 0.3) is 0 Å². The zero-order valence-corrected chi connectivity index (χ0v) is 12.6. The van der Waals surface area contributed by atoms with Crippen LogP contribution in [-0.2, 0) is 0 Å². The van der Waals surface area contributed by atoms with Gasteiger partial charge in [0.2, 0.25) is 0 Å². The summed E-state index contributed by atoms with van der Waals surface area (Å²) in [5, 5.41) is 2.73. The highest BCUT2D eigenvalue weighted by molar-refractivity contribution is 9.10. The number of hydrogen-bond acceptors (Lipinski definition) is 3. The third kappa shape index (κ3) is 2.79. The van der Waals surface area contributed by atoms with Crippen molar-refractivity contribution in [2.45, 2.75) is 25.8 Å². The Morgan fingerprint density at radius 3 is 2.72 bits per heavy atom. The smallest absolute Gasteiger partial charge is 0.128 e. The van der Waals surface area contributed by atoms with Gasteiger partial charge in [0.05, 0.1) is 11.7 Å². The van der Waals surface area contributed by atoms with Crippen LogP contribution < -0.4 is 5.73 Å². The van der Waals surface area contributed by atoms with Crippen molar-refractivity contribution in [3.8, 4) is 0 Å². The third-order valence-electron chi connectivity index (χ3n) is 2.69. The predicted octanol–water partition coefficient (Wildman–Crippen LogP) is 4.22. The highest BCUT2D eigenvalue weighted by atomic mass is 79.9. The van der Waals surface area contributed by atoms with Crippen molar-refractivity contribution in [2.24, 2.45) is 5.73 Å². The van der Waals surface area contributed by atoms with Crippen molar-refractivity contribution in [1.82, 2.24) is 4.98 Å². The van der Waals surface area contributed by atoms with E-state index in [1.54, 1.807) is 12.1 Å². The normalized spacial score (nSPS) is 13.0. The molecule has 0 bridgehead atoms. The molecule has 0 fully saturated rings. The number of nitrogens with two attached hydrogens (primary N) is 1. The molecule has 1 aromatic carbocycles. The van der Waals surface area contributed by atoms with Gasteiger partial charge in [-0.05, 0) is 24.1 Å². The molecule has 2 N–H and O–H groups in total. The summed E-state index contributed by atoms with van der Waals surface area (Å²) in [6.45, 7) is 4.15. The Hall–Kier alpha value is -0.780. The van der Waals surface area contributed by atoms with Gasteiger partial charge in [-0.15, -0.1) is 11.3 Å². The van der Waals surface area contributed by atoms with Crippen molar-refractivity contribution in [2.75, 3.05) is 0 Å². The molecule has 0 saturated carbocycles. The molecule has 0 saturated heterocycles. The molecule has 2 nitrogen and oxygen atoms in total. The van der Waals surface area contributed by atoms with E-state index in [9.17, 15) is 4.39 Å². The van der Waals surface area contributed by atoms with E-state index in [2.05, 4.69) is 34.8 Å². The molecule has 0 amide bonds. The number of thiazole rings is 1. The average Bonchev–Trinajstić information content (AvgIpc) is 2.81. The second-order valence-electron chi connectivity index (χ2n) is 4.41. The van der Waals surface area contributed by atoms with Crippen molar-refractivity contribution >= 4 is 27.3 Å². The van der Waals surface area contributed by atoms with E-state index in [4.69, 9.17) is 5.73 Å². The Morgan fingerprint density at radius 2 is 2.11 bits per heavy atom. The van der Waals surface area contributed by atoms with Crippen LogP contribution in [0.5, 0.6) is 0 Å². The molecule has 0 radical (unpaired) electrons. The molecule has 2 rings (SSSR count). The second-order valence-corrected chi connectivity index (χ2v) is 6.21.